The monoisotopic (exact) mass is 113 g/mol. The van der Waals surface area contributed by atoms with Gasteiger partial charge in [-0.25, -0.2) is 0 Å². The molecule has 0 bridgehead atoms. The van der Waals surface area contributed by atoms with Gasteiger partial charge in [0.05, 0.1) is 0 Å². The van der Waals surface area contributed by atoms with Crippen LogP contribution in [-0.2, 0) is 0 Å². The van der Waals surface area contributed by atoms with E-state index >= 15 is 0 Å². The molecule has 8 heavy (non-hydrogen) atoms. The Hall–Kier alpha value is -0.0800. The largest absolute Gasteiger partial charge is 0.396 e. The lowest BCUT2D eigenvalue weighted by atomic mass is 10.3. The topological polar surface area (TPSA) is 46.2 Å². The Morgan fingerprint density at radius 3 is 2.38 bits per heavy atom. The molecule has 2 aliphatic carbocycles. The van der Waals surface area contributed by atoms with Gasteiger partial charge in [0, 0.05) is 12.6 Å². The molecule has 0 aliphatic heterocycles. The van der Waals surface area contributed by atoms with Crippen LogP contribution in [0.4, 0.5) is 0 Å². The van der Waals surface area contributed by atoms with Crippen molar-refractivity contribution in [2.75, 3.05) is 6.61 Å². The SMILES string of the molecule is N[C@H]1C[C@@]12C[C@H]2CO. The predicted molar refractivity (Wildman–Crippen MR) is 30.2 cm³/mol. The molecule has 46 valence electrons. The predicted octanol–water partition coefficient (Wildman–Crippen LogP) is -0.284. The van der Waals surface area contributed by atoms with Gasteiger partial charge in [0.1, 0.15) is 0 Å². The summed E-state index contributed by atoms with van der Waals surface area (Å²) in [5, 5.41) is 8.64. The zero-order chi connectivity index (χ0) is 5.78. The molecule has 2 saturated carbocycles. The van der Waals surface area contributed by atoms with Crippen LogP contribution in [0.15, 0.2) is 0 Å². The van der Waals surface area contributed by atoms with Gasteiger partial charge in [-0.2, -0.15) is 0 Å². The van der Waals surface area contributed by atoms with Crippen molar-refractivity contribution in [3.05, 3.63) is 0 Å². The average molecular weight is 113 g/mol. The van der Waals surface area contributed by atoms with Gasteiger partial charge in [0.15, 0.2) is 0 Å². The normalized spacial score (nSPS) is 59.2. The van der Waals surface area contributed by atoms with Crippen molar-refractivity contribution < 1.29 is 5.11 Å². The first-order chi connectivity index (χ1) is 3.79. The molecule has 0 radical (unpaired) electrons. The highest BCUT2D eigenvalue weighted by molar-refractivity contribution is 5.21. The molecule has 2 aliphatic rings. The Bertz CT molecular complexity index is 126. The highest BCUT2D eigenvalue weighted by Crippen LogP contribution is 2.69. The van der Waals surface area contributed by atoms with Crippen LogP contribution in [0.1, 0.15) is 12.8 Å². The van der Waals surface area contributed by atoms with Gasteiger partial charge in [0.2, 0.25) is 0 Å². The molecule has 2 nitrogen and oxygen atoms in total. The summed E-state index contributed by atoms with van der Waals surface area (Å²) in [5.41, 5.74) is 6.07. The minimum atomic E-state index is 0.355. The third-order valence-corrected chi connectivity index (χ3v) is 2.68. The Morgan fingerprint density at radius 2 is 2.25 bits per heavy atom. The summed E-state index contributed by atoms with van der Waals surface area (Å²) < 4.78 is 0. The molecular formula is C6H11NO. The first-order valence-corrected chi connectivity index (χ1v) is 3.16. The highest BCUT2D eigenvalue weighted by atomic mass is 16.3. The van der Waals surface area contributed by atoms with Gasteiger partial charge < -0.3 is 10.8 Å². The van der Waals surface area contributed by atoms with Crippen LogP contribution in [0.5, 0.6) is 0 Å². The minimum absolute atomic E-state index is 0.355. The Kier molecular flexibility index (Phi) is 0.649. The van der Waals surface area contributed by atoms with Gasteiger partial charge >= 0.3 is 0 Å². The van der Waals surface area contributed by atoms with E-state index in [1.54, 1.807) is 0 Å². The van der Waals surface area contributed by atoms with Gasteiger partial charge in [-0.1, -0.05) is 0 Å². The van der Waals surface area contributed by atoms with Crippen molar-refractivity contribution >= 4 is 0 Å². The molecule has 0 aromatic carbocycles. The molecule has 0 heterocycles. The molecule has 0 aromatic heterocycles. The van der Waals surface area contributed by atoms with E-state index in [4.69, 9.17) is 10.8 Å². The van der Waals surface area contributed by atoms with Crippen LogP contribution < -0.4 is 5.73 Å². The first-order valence-electron chi connectivity index (χ1n) is 3.16. The number of hydrogen-bond acceptors (Lipinski definition) is 2. The number of aliphatic hydroxyl groups is 1. The van der Waals surface area contributed by atoms with Gasteiger partial charge in [-0.05, 0) is 24.2 Å². The third-order valence-electron chi connectivity index (χ3n) is 2.68. The van der Waals surface area contributed by atoms with Crippen LogP contribution in [0.25, 0.3) is 0 Å². The van der Waals surface area contributed by atoms with E-state index in [1.807, 2.05) is 0 Å². The van der Waals surface area contributed by atoms with Crippen LogP contribution in [0, 0.1) is 11.3 Å². The lowest BCUT2D eigenvalue weighted by Gasteiger charge is -1.85. The highest BCUT2D eigenvalue weighted by Gasteiger charge is 2.68. The van der Waals surface area contributed by atoms with Gasteiger partial charge in [-0.3, -0.25) is 0 Å². The molecule has 1 spiro atoms. The fourth-order valence-electron chi connectivity index (χ4n) is 1.70. The van der Waals surface area contributed by atoms with E-state index in [1.165, 1.54) is 6.42 Å². The number of aliphatic hydroxyl groups excluding tert-OH is 1. The second-order valence-corrected chi connectivity index (χ2v) is 3.13. The van der Waals surface area contributed by atoms with Crippen LogP contribution >= 0.6 is 0 Å². The van der Waals surface area contributed by atoms with Crippen LogP contribution in [0.2, 0.25) is 0 Å². The summed E-state index contributed by atoms with van der Waals surface area (Å²) in [7, 11) is 0. The molecule has 0 unspecified atom stereocenters. The van der Waals surface area contributed by atoms with Gasteiger partial charge in [0.25, 0.3) is 0 Å². The Balaban J connectivity index is 1.97. The van der Waals surface area contributed by atoms with E-state index in [0.29, 0.717) is 24.0 Å². The Labute approximate surface area is 48.7 Å². The van der Waals surface area contributed by atoms with E-state index in [2.05, 4.69) is 0 Å². The second-order valence-electron chi connectivity index (χ2n) is 3.13. The zero-order valence-corrected chi connectivity index (χ0v) is 4.80. The third kappa shape index (κ3) is 0.361. The number of nitrogens with two attached hydrogens (primary N) is 1. The summed E-state index contributed by atoms with van der Waals surface area (Å²) in [4.78, 5) is 0. The zero-order valence-electron chi connectivity index (χ0n) is 4.80. The smallest absolute Gasteiger partial charge is 0.0465 e. The van der Waals surface area contributed by atoms with E-state index in [-0.39, 0.29) is 0 Å². The van der Waals surface area contributed by atoms with Gasteiger partial charge in [-0.15, -0.1) is 0 Å². The van der Waals surface area contributed by atoms with Crippen molar-refractivity contribution in [2.45, 2.75) is 18.9 Å². The van der Waals surface area contributed by atoms with Crippen molar-refractivity contribution in [3.63, 3.8) is 0 Å². The molecule has 3 N–H and O–H groups in total. The summed E-state index contributed by atoms with van der Waals surface area (Å²) in [6.45, 7) is 0.355. The van der Waals surface area contributed by atoms with Crippen molar-refractivity contribution in [1.82, 2.24) is 0 Å². The first kappa shape index (κ1) is 4.77. The summed E-state index contributed by atoms with van der Waals surface area (Å²) in [5.74, 6) is 0.567. The summed E-state index contributed by atoms with van der Waals surface area (Å²) in [6, 6.07) is 0.430. The molecule has 0 aromatic rings. The summed E-state index contributed by atoms with van der Waals surface area (Å²) in [6.07, 6.45) is 2.35. The quantitative estimate of drug-likeness (QED) is 0.491. The standard InChI is InChI=1S/C6H11NO/c7-5-2-6(5)1-4(6)3-8/h4-5,8H,1-3,7H2/t4-,5-,6+/m0/s1. The molecule has 2 fully saturated rings. The average Bonchev–Trinajstić information content (AvgIpc) is 2.55. The number of rotatable bonds is 1. The van der Waals surface area contributed by atoms with E-state index in [9.17, 15) is 0 Å². The molecule has 2 heteroatoms. The fraction of sp³-hybridized carbons (Fsp3) is 1.00. The maximum atomic E-state index is 8.64. The van der Waals surface area contributed by atoms with Crippen LogP contribution in [0.3, 0.4) is 0 Å². The molecule has 2 rings (SSSR count). The molecule has 3 atom stereocenters. The maximum absolute atomic E-state index is 8.64. The van der Waals surface area contributed by atoms with Crippen molar-refractivity contribution in [2.24, 2.45) is 17.1 Å². The van der Waals surface area contributed by atoms with E-state index < -0.39 is 0 Å². The van der Waals surface area contributed by atoms with Crippen molar-refractivity contribution in [1.29, 1.82) is 0 Å². The van der Waals surface area contributed by atoms with Crippen LogP contribution in [-0.4, -0.2) is 17.8 Å². The minimum Gasteiger partial charge on any atom is -0.396 e. The maximum Gasteiger partial charge on any atom is 0.0465 e. The molecule has 0 saturated heterocycles. The summed E-state index contributed by atoms with van der Waals surface area (Å²) >= 11 is 0. The fourth-order valence-corrected chi connectivity index (χ4v) is 1.70. The van der Waals surface area contributed by atoms with E-state index in [0.717, 1.165) is 6.42 Å². The number of hydrogen-bond donors (Lipinski definition) is 2. The Morgan fingerprint density at radius 1 is 1.62 bits per heavy atom. The second kappa shape index (κ2) is 1.09. The van der Waals surface area contributed by atoms with Crippen molar-refractivity contribution in [3.8, 4) is 0 Å². The molecular weight excluding hydrogens is 102 g/mol. The lowest BCUT2D eigenvalue weighted by molar-refractivity contribution is 0.266. The molecule has 0 amide bonds. The lowest BCUT2D eigenvalue weighted by Crippen LogP contribution is -2.04.